The monoisotopic (exact) mass is 277 g/mol. The molecule has 1 rings (SSSR count). The second-order valence-electron chi connectivity index (χ2n) is 3.99. The predicted octanol–water partition coefficient (Wildman–Crippen LogP) is 2.37. The molecule has 0 saturated heterocycles. The van der Waals surface area contributed by atoms with Crippen LogP contribution in [-0.4, -0.2) is 36.7 Å². The van der Waals surface area contributed by atoms with Crippen LogP contribution in [-0.2, 0) is 20.9 Å². The number of amides is 1. The third-order valence-electron chi connectivity index (χ3n) is 2.62. The Morgan fingerprint density at radius 2 is 1.95 bits per heavy atom. The largest absolute Gasteiger partial charge is 0.461 e. The molecule has 0 N–H and O–H groups in total. The van der Waals surface area contributed by atoms with Crippen molar-refractivity contribution in [3.05, 3.63) is 48.6 Å². The summed E-state index contributed by atoms with van der Waals surface area (Å²) in [6, 6.07) is 9.44. The first-order chi connectivity index (χ1) is 9.67. The number of hydrogen-bond donors (Lipinski definition) is 0. The molecule has 0 aliphatic carbocycles. The lowest BCUT2D eigenvalue weighted by Crippen LogP contribution is -2.34. The predicted molar refractivity (Wildman–Crippen MR) is 75.0 cm³/mol. The van der Waals surface area contributed by atoms with Crippen LogP contribution in [0.5, 0.6) is 0 Å². The molecule has 1 aromatic rings. The fraction of sp³-hybridized carbons (Fsp3) is 0.333. The van der Waals surface area contributed by atoms with Crippen molar-refractivity contribution in [1.82, 2.24) is 4.90 Å². The molecule has 0 heterocycles. The zero-order valence-corrected chi connectivity index (χ0v) is 11.6. The minimum Gasteiger partial charge on any atom is -0.461 e. The number of esters is 1. The highest BCUT2D eigenvalue weighted by Gasteiger charge is 2.13. The molecule has 0 aliphatic heterocycles. The van der Waals surface area contributed by atoms with Crippen molar-refractivity contribution in [2.75, 3.05) is 19.7 Å². The third kappa shape index (κ3) is 5.56. The van der Waals surface area contributed by atoms with Gasteiger partial charge in [-0.25, -0.2) is 9.59 Å². The number of likely N-dealkylation sites (N-methyl/N-ethyl adjacent to an activating group) is 1. The molecule has 0 aliphatic rings. The molecule has 1 amide bonds. The summed E-state index contributed by atoms with van der Waals surface area (Å²) in [6.07, 6.45) is 0.662. The molecule has 0 aromatic heterocycles. The second kappa shape index (κ2) is 8.74. The average molecular weight is 277 g/mol. The van der Waals surface area contributed by atoms with E-state index in [1.54, 1.807) is 0 Å². The molecule has 0 atom stereocenters. The summed E-state index contributed by atoms with van der Waals surface area (Å²) in [7, 11) is 0. The van der Waals surface area contributed by atoms with E-state index in [0.29, 0.717) is 13.1 Å². The van der Waals surface area contributed by atoms with E-state index in [1.165, 1.54) is 4.90 Å². The normalized spacial score (nSPS) is 9.65. The molecule has 1 aromatic carbocycles. The molecule has 0 fully saturated rings. The molecular weight excluding hydrogens is 258 g/mol. The van der Waals surface area contributed by atoms with E-state index < -0.39 is 12.1 Å². The Balaban J connectivity index is 2.35. The first-order valence-electron chi connectivity index (χ1n) is 6.42. The highest BCUT2D eigenvalue weighted by Crippen LogP contribution is 2.03. The van der Waals surface area contributed by atoms with Gasteiger partial charge in [-0.1, -0.05) is 36.9 Å². The minimum absolute atomic E-state index is 0.124. The van der Waals surface area contributed by atoms with Crippen LogP contribution < -0.4 is 0 Å². The smallest absolute Gasteiger partial charge is 0.410 e. The lowest BCUT2D eigenvalue weighted by atomic mass is 10.2. The molecule has 20 heavy (non-hydrogen) atoms. The van der Waals surface area contributed by atoms with Gasteiger partial charge in [-0.15, -0.1) is 0 Å². The molecule has 0 bridgehead atoms. The quantitative estimate of drug-likeness (QED) is 0.567. The van der Waals surface area contributed by atoms with Crippen molar-refractivity contribution >= 4 is 12.1 Å². The summed E-state index contributed by atoms with van der Waals surface area (Å²) in [5.41, 5.74) is 0.926. The van der Waals surface area contributed by atoms with E-state index in [9.17, 15) is 9.59 Å². The van der Waals surface area contributed by atoms with E-state index >= 15 is 0 Å². The SMILES string of the molecule is C=CC(=O)OCCN(CC)C(=O)OCc1ccccc1. The van der Waals surface area contributed by atoms with Crippen LogP contribution in [0.2, 0.25) is 0 Å². The van der Waals surface area contributed by atoms with Crippen molar-refractivity contribution in [2.24, 2.45) is 0 Å². The Hall–Kier alpha value is -2.30. The van der Waals surface area contributed by atoms with Gasteiger partial charge >= 0.3 is 12.1 Å². The number of ether oxygens (including phenoxy) is 2. The fourth-order valence-corrected chi connectivity index (χ4v) is 1.50. The van der Waals surface area contributed by atoms with Crippen LogP contribution in [0.25, 0.3) is 0 Å². The van der Waals surface area contributed by atoms with Crippen LogP contribution in [0, 0.1) is 0 Å². The van der Waals surface area contributed by atoms with Crippen molar-refractivity contribution in [3.63, 3.8) is 0 Å². The molecule has 0 unspecified atom stereocenters. The number of carbonyl (C=O) groups is 2. The van der Waals surface area contributed by atoms with Gasteiger partial charge in [0.1, 0.15) is 13.2 Å². The molecular formula is C15H19NO4. The summed E-state index contributed by atoms with van der Waals surface area (Å²) in [6.45, 7) is 6.26. The van der Waals surface area contributed by atoms with Gasteiger partial charge in [0.15, 0.2) is 0 Å². The van der Waals surface area contributed by atoms with Crippen LogP contribution in [0.1, 0.15) is 12.5 Å². The van der Waals surface area contributed by atoms with Crippen LogP contribution in [0.4, 0.5) is 4.79 Å². The molecule has 0 radical (unpaired) electrons. The van der Waals surface area contributed by atoms with Crippen molar-refractivity contribution in [2.45, 2.75) is 13.5 Å². The van der Waals surface area contributed by atoms with Crippen molar-refractivity contribution in [1.29, 1.82) is 0 Å². The number of hydrogen-bond acceptors (Lipinski definition) is 4. The molecule has 5 nitrogen and oxygen atoms in total. The zero-order chi connectivity index (χ0) is 14.8. The Kier molecular flexibility index (Phi) is 6.89. The highest BCUT2D eigenvalue weighted by atomic mass is 16.6. The lowest BCUT2D eigenvalue weighted by molar-refractivity contribution is -0.138. The molecule has 108 valence electrons. The van der Waals surface area contributed by atoms with Gasteiger partial charge in [-0.2, -0.15) is 0 Å². The Morgan fingerprint density at radius 3 is 2.55 bits per heavy atom. The molecule has 0 spiro atoms. The van der Waals surface area contributed by atoms with Crippen molar-refractivity contribution in [3.8, 4) is 0 Å². The molecule has 5 heteroatoms. The van der Waals surface area contributed by atoms with Gasteiger partial charge in [-0.3, -0.25) is 0 Å². The zero-order valence-electron chi connectivity index (χ0n) is 11.6. The first kappa shape index (κ1) is 15.8. The van der Waals surface area contributed by atoms with E-state index in [2.05, 4.69) is 6.58 Å². The van der Waals surface area contributed by atoms with Gasteiger partial charge in [0.05, 0.1) is 6.54 Å². The summed E-state index contributed by atoms with van der Waals surface area (Å²) in [4.78, 5) is 24.2. The van der Waals surface area contributed by atoms with Crippen LogP contribution in [0.3, 0.4) is 0 Å². The maximum Gasteiger partial charge on any atom is 0.410 e. The van der Waals surface area contributed by atoms with Crippen LogP contribution in [0.15, 0.2) is 43.0 Å². The number of benzene rings is 1. The van der Waals surface area contributed by atoms with E-state index in [-0.39, 0.29) is 13.2 Å². The number of rotatable bonds is 7. The third-order valence-corrected chi connectivity index (χ3v) is 2.62. The number of carbonyl (C=O) groups excluding carboxylic acids is 2. The Labute approximate surface area is 118 Å². The Morgan fingerprint density at radius 1 is 1.25 bits per heavy atom. The van der Waals surface area contributed by atoms with Gasteiger partial charge in [0, 0.05) is 12.6 Å². The summed E-state index contributed by atoms with van der Waals surface area (Å²) in [5.74, 6) is -0.501. The maximum absolute atomic E-state index is 11.8. The van der Waals surface area contributed by atoms with E-state index in [1.807, 2.05) is 37.3 Å². The molecule has 0 saturated carbocycles. The van der Waals surface area contributed by atoms with Crippen molar-refractivity contribution < 1.29 is 19.1 Å². The Bertz CT molecular complexity index is 444. The van der Waals surface area contributed by atoms with Gasteiger partial charge < -0.3 is 14.4 Å². The second-order valence-corrected chi connectivity index (χ2v) is 3.99. The van der Waals surface area contributed by atoms with Gasteiger partial charge in [0.2, 0.25) is 0 Å². The first-order valence-corrected chi connectivity index (χ1v) is 6.42. The summed E-state index contributed by atoms with van der Waals surface area (Å²) < 4.78 is 10.0. The summed E-state index contributed by atoms with van der Waals surface area (Å²) in [5, 5.41) is 0. The van der Waals surface area contributed by atoms with Gasteiger partial charge in [-0.05, 0) is 12.5 Å². The van der Waals surface area contributed by atoms with Gasteiger partial charge in [0.25, 0.3) is 0 Å². The lowest BCUT2D eigenvalue weighted by Gasteiger charge is -2.20. The topological polar surface area (TPSA) is 55.8 Å². The average Bonchev–Trinajstić information content (AvgIpc) is 2.50. The van der Waals surface area contributed by atoms with E-state index in [0.717, 1.165) is 11.6 Å². The number of nitrogens with zero attached hydrogens (tertiary/aromatic N) is 1. The maximum atomic E-state index is 11.8. The fourth-order valence-electron chi connectivity index (χ4n) is 1.50. The minimum atomic E-state index is -0.501. The highest BCUT2D eigenvalue weighted by molar-refractivity contribution is 5.81. The summed E-state index contributed by atoms with van der Waals surface area (Å²) >= 11 is 0. The van der Waals surface area contributed by atoms with E-state index in [4.69, 9.17) is 9.47 Å². The standard InChI is InChI=1S/C15H19NO4/c1-3-14(17)19-11-10-16(4-2)15(18)20-12-13-8-6-5-7-9-13/h3,5-9H,1,4,10-12H2,2H3. The van der Waals surface area contributed by atoms with Crippen LogP contribution >= 0.6 is 0 Å².